The van der Waals surface area contributed by atoms with E-state index in [0.29, 0.717) is 45.9 Å². The molecule has 4 rings (SSSR count). The van der Waals surface area contributed by atoms with Crippen LogP contribution in [-0.4, -0.2) is 48.7 Å². The van der Waals surface area contributed by atoms with E-state index < -0.39 is 18.0 Å². The van der Waals surface area contributed by atoms with Gasteiger partial charge in [-0.15, -0.1) is 0 Å². The highest BCUT2D eigenvalue weighted by Crippen LogP contribution is 2.34. The zero-order valence-electron chi connectivity index (χ0n) is 16.8. The number of benzene rings is 2. The van der Waals surface area contributed by atoms with E-state index in [1.165, 1.54) is 0 Å². The predicted octanol–water partition coefficient (Wildman–Crippen LogP) is 3.47. The second-order valence-corrected chi connectivity index (χ2v) is 8.16. The number of halogens is 2. The summed E-state index contributed by atoms with van der Waals surface area (Å²) in [5, 5.41) is 8.42. The maximum absolute atomic E-state index is 12.7. The number of rotatable bonds is 5. The summed E-state index contributed by atoms with van der Waals surface area (Å²) in [4.78, 5) is 39.0. The molecular formula is C21H20Cl2N4O5. The van der Waals surface area contributed by atoms with E-state index in [4.69, 9.17) is 32.7 Å². The molecule has 9 nitrogen and oxygen atoms in total. The highest BCUT2D eigenvalue weighted by atomic mass is 35.5. The molecule has 1 fully saturated rings. The van der Waals surface area contributed by atoms with Crippen molar-refractivity contribution in [3.05, 3.63) is 46.4 Å². The maximum atomic E-state index is 12.7. The highest BCUT2D eigenvalue weighted by molar-refractivity contribution is 6.35. The van der Waals surface area contributed by atoms with Crippen molar-refractivity contribution in [1.82, 2.24) is 10.2 Å². The summed E-state index contributed by atoms with van der Waals surface area (Å²) in [6.07, 6.45) is 1.33. The minimum Gasteiger partial charge on any atom is -0.454 e. The summed E-state index contributed by atoms with van der Waals surface area (Å²) in [5.41, 5.74) is 0.861. The van der Waals surface area contributed by atoms with Crippen molar-refractivity contribution >= 4 is 52.4 Å². The van der Waals surface area contributed by atoms with Gasteiger partial charge in [0.1, 0.15) is 0 Å². The number of nitrogens with one attached hydrogen (secondary N) is 3. The van der Waals surface area contributed by atoms with Crippen molar-refractivity contribution in [3.8, 4) is 11.5 Å². The molecule has 3 N–H and O–H groups in total. The van der Waals surface area contributed by atoms with Crippen LogP contribution >= 0.6 is 23.2 Å². The molecule has 168 valence electrons. The molecule has 4 amide bonds. The number of amides is 4. The first-order chi connectivity index (χ1) is 15.4. The van der Waals surface area contributed by atoms with Gasteiger partial charge in [-0.05, 0) is 49.7 Å². The quantitative estimate of drug-likeness (QED) is 0.606. The molecule has 0 saturated carbocycles. The van der Waals surface area contributed by atoms with Crippen LogP contribution in [-0.2, 0) is 9.59 Å². The zero-order valence-corrected chi connectivity index (χ0v) is 18.3. The van der Waals surface area contributed by atoms with Crippen LogP contribution < -0.4 is 25.4 Å². The lowest BCUT2D eigenvalue weighted by Gasteiger charge is -2.23. The third-order valence-corrected chi connectivity index (χ3v) is 5.65. The second-order valence-electron chi connectivity index (χ2n) is 7.31. The van der Waals surface area contributed by atoms with Gasteiger partial charge in [0.2, 0.25) is 18.6 Å². The molecule has 0 spiro atoms. The molecule has 2 aliphatic rings. The number of likely N-dealkylation sites (tertiary alicyclic amines) is 1. The minimum absolute atomic E-state index is 0.101. The van der Waals surface area contributed by atoms with Crippen molar-refractivity contribution in [2.24, 2.45) is 0 Å². The van der Waals surface area contributed by atoms with Crippen molar-refractivity contribution in [1.29, 1.82) is 0 Å². The van der Waals surface area contributed by atoms with Crippen molar-refractivity contribution in [3.63, 3.8) is 0 Å². The number of imide groups is 1. The summed E-state index contributed by atoms with van der Waals surface area (Å²) in [6, 6.07) is 8.49. The lowest BCUT2D eigenvalue weighted by molar-refractivity contribution is -0.124. The molecule has 0 aliphatic carbocycles. The van der Waals surface area contributed by atoms with Crippen molar-refractivity contribution in [2.45, 2.75) is 18.9 Å². The minimum atomic E-state index is -0.681. The van der Waals surface area contributed by atoms with Gasteiger partial charge in [0.25, 0.3) is 0 Å². The molecule has 2 heterocycles. The Kier molecular flexibility index (Phi) is 6.69. The number of fused-ring (bicyclic) bond motifs is 1. The Morgan fingerprint density at radius 2 is 1.84 bits per heavy atom. The summed E-state index contributed by atoms with van der Waals surface area (Å²) < 4.78 is 10.5. The number of hydrogen-bond acceptors (Lipinski definition) is 6. The van der Waals surface area contributed by atoms with Crippen LogP contribution in [0.1, 0.15) is 12.8 Å². The van der Waals surface area contributed by atoms with E-state index in [2.05, 4.69) is 16.0 Å². The first-order valence-corrected chi connectivity index (χ1v) is 10.6. The average molecular weight is 479 g/mol. The van der Waals surface area contributed by atoms with Gasteiger partial charge < -0.3 is 20.1 Å². The number of ether oxygens (including phenoxy) is 2. The van der Waals surface area contributed by atoms with Crippen molar-refractivity contribution < 1.29 is 23.9 Å². The lowest BCUT2D eigenvalue weighted by atomic mass is 10.2. The first kappa shape index (κ1) is 22.2. The van der Waals surface area contributed by atoms with E-state index in [0.717, 1.165) is 6.42 Å². The molecule has 1 atom stereocenters. The number of hydrogen-bond donors (Lipinski definition) is 3. The molecule has 0 radical (unpaired) electrons. The molecule has 2 aromatic rings. The average Bonchev–Trinajstić information content (AvgIpc) is 3.39. The van der Waals surface area contributed by atoms with Gasteiger partial charge in [0.05, 0.1) is 23.3 Å². The number of anilines is 2. The van der Waals surface area contributed by atoms with E-state index in [1.54, 1.807) is 41.3 Å². The van der Waals surface area contributed by atoms with Gasteiger partial charge in [-0.2, -0.15) is 0 Å². The molecule has 32 heavy (non-hydrogen) atoms. The summed E-state index contributed by atoms with van der Waals surface area (Å²) >= 11 is 12.1. The van der Waals surface area contributed by atoms with E-state index in [9.17, 15) is 14.4 Å². The van der Waals surface area contributed by atoms with Crippen LogP contribution in [0, 0.1) is 0 Å². The SMILES string of the molecule is O=C(CN1CCCC1C(=O)Nc1cc(Cl)ccc1Cl)NC(=O)Nc1ccc2c(c1)OCO2. The maximum Gasteiger partial charge on any atom is 0.325 e. The van der Waals surface area contributed by atoms with Crippen LogP contribution in [0.2, 0.25) is 10.0 Å². The van der Waals surface area contributed by atoms with E-state index >= 15 is 0 Å². The Bertz CT molecular complexity index is 1060. The van der Waals surface area contributed by atoms with Gasteiger partial charge in [0, 0.05) is 16.8 Å². The fourth-order valence-corrected chi connectivity index (χ4v) is 3.95. The van der Waals surface area contributed by atoms with E-state index in [1.807, 2.05) is 0 Å². The fourth-order valence-electron chi connectivity index (χ4n) is 3.61. The summed E-state index contributed by atoms with van der Waals surface area (Å²) in [6.45, 7) is 0.575. The van der Waals surface area contributed by atoms with Crippen molar-refractivity contribution in [2.75, 3.05) is 30.5 Å². The number of carbonyl (C=O) groups excluding carboxylic acids is 3. The normalized spacial score (nSPS) is 17.1. The van der Waals surface area contributed by atoms with Crippen LogP contribution in [0.25, 0.3) is 0 Å². The Balaban J connectivity index is 1.30. The molecule has 11 heteroatoms. The molecule has 1 unspecified atom stereocenters. The van der Waals surface area contributed by atoms with Crippen LogP contribution in [0.15, 0.2) is 36.4 Å². The van der Waals surface area contributed by atoms with Crippen LogP contribution in [0.4, 0.5) is 16.2 Å². The monoisotopic (exact) mass is 478 g/mol. The van der Waals surface area contributed by atoms with Gasteiger partial charge in [-0.1, -0.05) is 23.2 Å². The third-order valence-electron chi connectivity index (χ3n) is 5.08. The van der Waals surface area contributed by atoms with Gasteiger partial charge in [-0.3, -0.25) is 19.8 Å². The Hall–Kier alpha value is -3.01. The van der Waals surface area contributed by atoms with Gasteiger partial charge >= 0.3 is 6.03 Å². The number of urea groups is 1. The fraction of sp³-hybridized carbons (Fsp3) is 0.286. The largest absolute Gasteiger partial charge is 0.454 e. The molecule has 1 saturated heterocycles. The molecule has 2 aromatic carbocycles. The van der Waals surface area contributed by atoms with Gasteiger partial charge in [-0.25, -0.2) is 4.79 Å². The Morgan fingerprint density at radius 1 is 1.03 bits per heavy atom. The van der Waals surface area contributed by atoms with Gasteiger partial charge in [0.15, 0.2) is 11.5 Å². The Morgan fingerprint density at radius 3 is 2.69 bits per heavy atom. The molecule has 0 aromatic heterocycles. The Labute approximate surface area is 193 Å². The van der Waals surface area contributed by atoms with Crippen LogP contribution in [0.3, 0.4) is 0 Å². The smallest absolute Gasteiger partial charge is 0.325 e. The second kappa shape index (κ2) is 9.64. The highest BCUT2D eigenvalue weighted by Gasteiger charge is 2.32. The summed E-state index contributed by atoms with van der Waals surface area (Å²) in [5.74, 6) is 0.289. The number of carbonyl (C=O) groups is 3. The van der Waals surface area contributed by atoms with Crippen LogP contribution in [0.5, 0.6) is 11.5 Å². The first-order valence-electron chi connectivity index (χ1n) is 9.89. The number of nitrogens with zero attached hydrogens (tertiary/aromatic N) is 1. The van der Waals surface area contributed by atoms with E-state index in [-0.39, 0.29) is 19.2 Å². The molecule has 2 aliphatic heterocycles. The summed E-state index contributed by atoms with van der Waals surface area (Å²) in [7, 11) is 0. The standard InChI is InChI=1S/C21H20Cl2N4O5/c22-12-3-5-14(23)15(8-12)25-20(29)16-2-1-7-27(16)10-19(28)26-21(30)24-13-4-6-17-18(9-13)32-11-31-17/h3-6,8-9,16H,1-2,7,10-11H2,(H,25,29)(H2,24,26,28,30). The molecule has 0 bridgehead atoms. The lowest BCUT2D eigenvalue weighted by Crippen LogP contribution is -2.46. The predicted molar refractivity (Wildman–Crippen MR) is 119 cm³/mol. The molecular weight excluding hydrogens is 459 g/mol. The topological polar surface area (TPSA) is 109 Å². The third kappa shape index (κ3) is 5.24. The zero-order chi connectivity index (χ0) is 22.7.